The van der Waals surface area contributed by atoms with Crippen molar-refractivity contribution in [3.63, 3.8) is 0 Å². The fraction of sp³-hybridized carbons (Fsp3) is 0.500. The van der Waals surface area contributed by atoms with E-state index in [0.717, 1.165) is 24.8 Å². The molecule has 3 N–H and O–H groups in total. The van der Waals surface area contributed by atoms with E-state index in [-0.39, 0.29) is 17.9 Å². The third-order valence-corrected chi connectivity index (χ3v) is 4.74. The van der Waals surface area contributed by atoms with E-state index >= 15 is 0 Å². The molecule has 21 heavy (non-hydrogen) atoms. The number of imide groups is 1. The van der Waals surface area contributed by atoms with Gasteiger partial charge in [0.05, 0.1) is 6.54 Å². The molecule has 2 atom stereocenters. The highest BCUT2D eigenvalue weighted by Crippen LogP contribution is 2.38. The second-order valence-electron chi connectivity index (χ2n) is 5.96. The largest absolute Gasteiger partial charge is 0.330 e. The predicted molar refractivity (Wildman–Crippen MR) is 79.3 cm³/mol. The van der Waals surface area contributed by atoms with Crippen molar-refractivity contribution >= 4 is 11.9 Å². The zero-order valence-electron chi connectivity index (χ0n) is 12.0. The van der Waals surface area contributed by atoms with Crippen LogP contribution in [0.25, 0.3) is 0 Å². The Morgan fingerprint density at radius 1 is 1.24 bits per heavy atom. The van der Waals surface area contributed by atoms with Crippen molar-refractivity contribution in [1.29, 1.82) is 0 Å². The Labute approximate surface area is 124 Å². The second-order valence-corrected chi connectivity index (χ2v) is 5.96. The van der Waals surface area contributed by atoms with Crippen LogP contribution in [-0.2, 0) is 11.3 Å². The number of amides is 3. The highest BCUT2D eigenvalue weighted by molar-refractivity contribution is 6.07. The number of hydrogen-bond acceptors (Lipinski definition) is 3. The summed E-state index contributed by atoms with van der Waals surface area (Å²) in [5.74, 6) is -0.0602. The van der Waals surface area contributed by atoms with Crippen LogP contribution in [0.4, 0.5) is 4.79 Å². The number of carbonyl (C=O) groups is 2. The monoisotopic (exact) mass is 287 g/mol. The third-order valence-electron chi connectivity index (χ3n) is 4.74. The first-order valence-corrected chi connectivity index (χ1v) is 7.55. The van der Waals surface area contributed by atoms with Gasteiger partial charge in [-0.3, -0.25) is 9.69 Å². The summed E-state index contributed by atoms with van der Waals surface area (Å²) >= 11 is 0. The smallest absolute Gasteiger partial charge is 0.325 e. The fourth-order valence-corrected chi connectivity index (χ4v) is 3.56. The number of benzene rings is 1. The molecule has 1 aliphatic heterocycles. The van der Waals surface area contributed by atoms with Gasteiger partial charge >= 0.3 is 6.03 Å². The molecule has 0 bridgehead atoms. The average Bonchev–Trinajstić information content (AvgIpc) is 2.74. The highest BCUT2D eigenvalue weighted by Gasteiger charge is 2.55. The van der Waals surface area contributed by atoms with Crippen LogP contribution in [0.5, 0.6) is 0 Å². The molecular weight excluding hydrogens is 266 g/mol. The standard InChI is InChI=1S/C16H21N3O2/c17-10-13-8-4-5-9-16(13)14(20)19(15(21)18-16)11-12-6-2-1-3-7-12/h1-3,6-7,13H,4-5,8-11,17H2,(H,18,21). The molecule has 3 amide bonds. The Kier molecular flexibility index (Phi) is 3.68. The summed E-state index contributed by atoms with van der Waals surface area (Å²) in [5.41, 5.74) is 6.03. The van der Waals surface area contributed by atoms with Crippen LogP contribution in [-0.4, -0.2) is 28.9 Å². The van der Waals surface area contributed by atoms with Gasteiger partial charge in [-0.25, -0.2) is 4.79 Å². The molecule has 112 valence electrons. The van der Waals surface area contributed by atoms with Crippen molar-refractivity contribution < 1.29 is 9.59 Å². The normalized spacial score (nSPS) is 29.0. The summed E-state index contributed by atoms with van der Waals surface area (Å²) in [6, 6.07) is 9.30. The van der Waals surface area contributed by atoms with Gasteiger partial charge in [-0.05, 0) is 24.9 Å². The number of nitrogens with two attached hydrogens (primary N) is 1. The number of carbonyl (C=O) groups excluding carboxylic acids is 2. The van der Waals surface area contributed by atoms with Crippen LogP contribution in [0.1, 0.15) is 31.2 Å². The van der Waals surface area contributed by atoms with Gasteiger partial charge in [-0.1, -0.05) is 43.2 Å². The lowest BCUT2D eigenvalue weighted by atomic mass is 9.72. The molecule has 2 aliphatic rings. The number of hydrogen-bond donors (Lipinski definition) is 2. The zero-order valence-corrected chi connectivity index (χ0v) is 12.0. The van der Waals surface area contributed by atoms with E-state index in [1.165, 1.54) is 4.90 Å². The molecule has 2 unspecified atom stereocenters. The van der Waals surface area contributed by atoms with Gasteiger partial charge in [0.2, 0.25) is 0 Å². The van der Waals surface area contributed by atoms with Crippen molar-refractivity contribution in [2.24, 2.45) is 11.7 Å². The van der Waals surface area contributed by atoms with E-state index in [1.807, 2.05) is 30.3 Å². The summed E-state index contributed by atoms with van der Waals surface area (Å²) in [6.45, 7) is 0.760. The number of nitrogens with zero attached hydrogens (tertiary/aromatic N) is 1. The number of urea groups is 1. The van der Waals surface area contributed by atoms with Crippen LogP contribution in [0.3, 0.4) is 0 Å². The molecular formula is C16H21N3O2. The summed E-state index contributed by atoms with van der Waals surface area (Å²) in [6.07, 6.45) is 3.64. The third kappa shape index (κ3) is 2.31. The number of nitrogens with one attached hydrogen (secondary N) is 1. The van der Waals surface area contributed by atoms with Gasteiger partial charge in [-0.2, -0.15) is 0 Å². The average molecular weight is 287 g/mol. The predicted octanol–water partition coefficient (Wildman–Crippen LogP) is 1.63. The summed E-state index contributed by atoms with van der Waals surface area (Å²) in [7, 11) is 0. The van der Waals surface area contributed by atoms with Crippen molar-refractivity contribution in [1.82, 2.24) is 10.2 Å². The quantitative estimate of drug-likeness (QED) is 0.830. The summed E-state index contributed by atoms with van der Waals surface area (Å²) in [4.78, 5) is 26.5. The van der Waals surface area contributed by atoms with Crippen molar-refractivity contribution in [2.75, 3.05) is 6.54 Å². The summed E-state index contributed by atoms with van der Waals surface area (Å²) in [5, 5.41) is 2.95. The Morgan fingerprint density at radius 3 is 2.71 bits per heavy atom. The molecule has 0 aromatic heterocycles. The van der Waals surface area contributed by atoms with Crippen LogP contribution in [0, 0.1) is 5.92 Å². The van der Waals surface area contributed by atoms with Crippen LogP contribution in [0.2, 0.25) is 0 Å². The number of rotatable bonds is 3. The molecule has 1 heterocycles. The first-order chi connectivity index (χ1) is 10.2. The van der Waals surface area contributed by atoms with Gasteiger partial charge in [0.15, 0.2) is 0 Å². The Hall–Kier alpha value is -1.88. The molecule has 2 fully saturated rings. The lowest BCUT2D eigenvalue weighted by molar-refractivity contribution is -0.134. The maximum Gasteiger partial charge on any atom is 0.325 e. The molecule has 0 radical (unpaired) electrons. The van der Waals surface area contributed by atoms with E-state index < -0.39 is 5.54 Å². The second kappa shape index (κ2) is 5.48. The Bertz CT molecular complexity index is 546. The molecule has 5 nitrogen and oxygen atoms in total. The maximum atomic E-state index is 12.9. The Balaban J connectivity index is 1.84. The van der Waals surface area contributed by atoms with Gasteiger partial charge in [0.25, 0.3) is 5.91 Å². The van der Waals surface area contributed by atoms with Gasteiger partial charge in [-0.15, -0.1) is 0 Å². The van der Waals surface area contributed by atoms with E-state index in [0.29, 0.717) is 19.5 Å². The first-order valence-electron chi connectivity index (χ1n) is 7.55. The van der Waals surface area contributed by atoms with Crippen molar-refractivity contribution in [2.45, 2.75) is 37.8 Å². The van der Waals surface area contributed by atoms with Gasteiger partial charge < -0.3 is 11.1 Å². The topological polar surface area (TPSA) is 75.4 Å². The van der Waals surface area contributed by atoms with Crippen LogP contribution < -0.4 is 11.1 Å². The van der Waals surface area contributed by atoms with Crippen LogP contribution in [0.15, 0.2) is 30.3 Å². The molecule has 3 rings (SSSR count). The first kappa shape index (κ1) is 14.1. The molecule has 1 aromatic carbocycles. The minimum absolute atomic E-state index is 0.0449. The lowest BCUT2D eigenvalue weighted by Gasteiger charge is -2.38. The molecule has 1 aromatic rings. The maximum absolute atomic E-state index is 12.9. The highest BCUT2D eigenvalue weighted by atomic mass is 16.2. The molecule has 5 heteroatoms. The zero-order chi connectivity index (χ0) is 14.9. The van der Waals surface area contributed by atoms with Crippen molar-refractivity contribution in [3.8, 4) is 0 Å². The molecule has 1 aliphatic carbocycles. The Morgan fingerprint density at radius 2 is 2.00 bits per heavy atom. The lowest BCUT2D eigenvalue weighted by Crippen LogP contribution is -2.56. The van der Waals surface area contributed by atoms with Crippen LogP contribution >= 0.6 is 0 Å². The van der Waals surface area contributed by atoms with E-state index in [1.54, 1.807) is 0 Å². The molecule has 1 saturated carbocycles. The minimum Gasteiger partial charge on any atom is -0.330 e. The van der Waals surface area contributed by atoms with E-state index in [2.05, 4.69) is 5.32 Å². The van der Waals surface area contributed by atoms with Gasteiger partial charge in [0, 0.05) is 5.92 Å². The van der Waals surface area contributed by atoms with E-state index in [4.69, 9.17) is 5.73 Å². The van der Waals surface area contributed by atoms with Crippen molar-refractivity contribution in [3.05, 3.63) is 35.9 Å². The van der Waals surface area contributed by atoms with E-state index in [9.17, 15) is 9.59 Å². The summed E-state index contributed by atoms with van der Waals surface area (Å²) < 4.78 is 0. The molecule has 1 saturated heterocycles. The molecule has 1 spiro atoms. The van der Waals surface area contributed by atoms with Gasteiger partial charge in [0.1, 0.15) is 5.54 Å². The minimum atomic E-state index is -0.765. The SMILES string of the molecule is NCC1CCCCC12NC(=O)N(Cc1ccccc1)C2=O. The fourth-order valence-electron chi connectivity index (χ4n) is 3.56.